The fraction of sp³-hybridized carbons (Fsp3) is 0.214. The number of benzene rings is 3. The Morgan fingerprint density at radius 3 is 2.28 bits per heavy atom. The molecule has 2 amide bonds. The van der Waals surface area contributed by atoms with Gasteiger partial charge in [0.25, 0.3) is 0 Å². The van der Waals surface area contributed by atoms with Crippen LogP contribution in [0.4, 0.5) is 5.69 Å². The van der Waals surface area contributed by atoms with Gasteiger partial charge in [-0.05, 0) is 73.2 Å². The highest BCUT2D eigenvalue weighted by Gasteiger charge is 2.17. The number of aromatic nitrogens is 3. The van der Waals surface area contributed by atoms with E-state index in [1.54, 1.807) is 19.2 Å². The molecule has 0 spiro atoms. The van der Waals surface area contributed by atoms with Gasteiger partial charge in [0.15, 0.2) is 11.0 Å². The Balaban J connectivity index is 1.42. The van der Waals surface area contributed by atoms with E-state index in [-0.39, 0.29) is 30.5 Å². The number of methoxy groups -OCH3 is 1. The molecule has 0 radical (unpaired) electrons. The average Bonchev–Trinajstić information content (AvgIpc) is 3.35. The number of nitrogens with zero attached hydrogens (tertiary/aromatic N) is 3. The Labute approximate surface area is 239 Å². The summed E-state index contributed by atoms with van der Waals surface area (Å²) in [5.74, 6) is 1.84. The van der Waals surface area contributed by atoms with Gasteiger partial charge in [-0.3, -0.25) is 14.2 Å². The normalized spacial score (nSPS) is 10.6. The van der Waals surface area contributed by atoms with E-state index in [0.717, 1.165) is 27.2 Å². The van der Waals surface area contributed by atoms with Gasteiger partial charge in [0.1, 0.15) is 11.5 Å². The number of amides is 2. The lowest BCUT2D eigenvalue weighted by atomic mass is 10.1. The van der Waals surface area contributed by atoms with Crippen molar-refractivity contribution >= 4 is 45.2 Å². The van der Waals surface area contributed by atoms with Crippen LogP contribution in [0.3, 0.4) is 0 Å². The zero-order valence-electron chi connectivity index (χ0n) is 21.5. The maximum atomic E-state index is 12.6. The van der Waals surface area contributed by atoms with E-state index in [0.29, 0.717) is 23.3 Å². The largest absolute Gasteiger partial charge is 0.497 e. The summed E-state index contributed by atoms with van der Waals surface area (Å²) in [5, 5.41) is 15.0. The van der Waals surface area contributed by atoms with E-state index in [4.69, 9.17) is 9.47 Å². The third kappa shape index (κ3) is 8.08. The van der Waals surface area contributed by atoms with Gasteiger partial charge in [-0.1, -0.05) is 39.8 Å². The Kier molecular flexibility index (Phi) is 9.98. The van der Waals surface area contributed by atoms with Crippen molar-refractivity contribution in [1.82, 2.24) is 20.1 Å². The summed E-state index contributed by atoms with van der Waals surface area (Å²) in [6, 6.07) is 22.2. The molecule has 11 heteroatoms. The number of hydrogen-bond acceptors (Lipinski definition) is 7. The van der Waals surface area contributed by atoms with Crippen molar-refractivity contribution in [2.75, 3.05) is 24.8 Å². The van der Waals surface area contributed by atoms with Gasteiger partial charge in [0.05, 0.1) is 32.4 Å². The van der Waals surface area contributed by atoms with Crippen LogP contribution in [0.5, 0.6) is 11.5 Å². The molecule has 0 saturated carbocycles. The summed E-state index contributed by atoms with van der Waals surface area (Å²) in [4.78, 5) is 25.2. The fourth-order valence-electron chi connectivity index (χ4n) is 3.66. The van der Waals surface area contributed by atoms with Crippen molar-refractivity contribution < 1.29 is 19.1 Å². The summed E-state index contributed by atoms with van der Waals surface area (Å²) >= 11 is 4.72. The number of carbonyl (C=O) groups excluding carboxylic acids is 2. The summed E-state index contributed by atoms with van der Waals surface area (Å²) in [7, 11) is 1.60. The van der Waals surface area contributed by atoms with Gasteiger partial charge in [-0.2, -0.15) is 0 Å². The van der Waals surface area contributed by atoms with Crippen molar-refractivity contribution in [2.45, 2.75) is 25.0 Å². The van der Waals surface area contributed by atoms with Crippen LogP contribution in [0.1, 0.15) is 18.3 Å². The number of halogens is 1. The van der Waals surface area contributed by atoms with E-state index < -0.39 is 0 Å². The molecular formula is C28H28BrN5O4S. The van der Waals surface area contributed by atoms with Crippen LogP contribution >= 0.6 is 27.7 Å². The zero-order valence-corrected chi connectivity index (χ0v) is 23.9. The van der Waals surface area contributed by atoms with Crippen LogP contribution in [0.25, 0.3) is 5.69 Å². The van der Waals surface area contributed by atoms with Gasteiger partial charge < -0.3 is 20.1 Å². The first kappa shape index (κ1) is 28.2. The monoisotopic (exact) mass is 609 g/mol. The van der Waals surface area contributed by atoms with E-state index in [2.05, 4.69) is 36.8 Å². The third-order valence-electron chi connectivity index (χ3n) is 5.53. The van der Waals surface area contributed by atoms with Crippen LogP contribution in [-0.2, 0) is 22.6 Å². The van der Waals surface area contributed by atoms with Gasteiger partial charge >= 0.3 is 0 Å². The van der Waals surface area contributed by atoms with Gasteiger partial charge in [-0.15, -0.1) is 10.2 Å². The van der Waals surface area contributed by atoms with Crippen molar-refractivity contribution in [3.05, 3.63) is 88.7 Å². The number of nitrogens with one attached hydrogen (secondary N) is 2. The van der Waals surface area contributed by atoms with Crippen LogP contribution in [-0.4, -0.2) is 46.0 Å². The highest BCUT2D eigenvalue weighted by Crippen LogP contribution is 2.24. The predicted octanol–water partition coefficient (Wildman–Crippen LogP) is 5.03. The lowest BCUT2D eigenvalue weighted by molar-refractivity contribution is -0.120. The van der Waals surface area contributed by atoms with Gasteiger partial charge in [-0.25, -0.2) is 0 Å². The van der Waals surface area contributed by atoms with Crippen LogP contribution in [0, 0.1) is 0 Å². The quantitative estimate of drug-likeness (QED) is 0.217. The highest BCUT2D eigenvalue weighted by atomic mass is 79.9. The maximum Gasteiger partial charge on any atom is 0.234 e. The summed E-state index contributed by atoms with van der Waals surface area (Å²) in [6.45, 7) is 2.68. The Morgan fingerprint density at radius 2 is 1.62 bits per heavy atom. The molecule has 0 bridgehead atoms. The first-order valence-electron chi connectivity index (χ1n) is 12.2. The van der Waals surface area contributed by atoms with Crippen LogP contribution < -0.4 is 20.1 Å². The maximum absolute atomic E-state index is 12.6. The zero-order chi connectivity index (χ0) is 27.6. The number of ether oxygens (including phenoxy) is 2. The highest BCUT2D eigenvalue weighted by molar-refractivity contribution is 9.10. The minimum Gasteiger partial charge on any atom is -0.497 e. The number of thioether (sulfide) groups is 1. The van der Waals surface area contributed by atoms with Crippen molar-refractivity contribution in [2.24, 2.45) is 0 Å². The van der Waals surface area contributed by atoms with Crippen molar-refractivity contribution in [3.63, 3.8) is 0 Å². The number of carbonyl (C=O) groups is 2. The molecule has 1 heterocycles. The minimum atomic E-state index is -0.177. The molecule has 202 valence electrons. The smallest absolute Gasteiger partial charge is 0.234 e. The second kappa shape index (κ2) is 13.8. The molecule has 0 aliphatic rings. The van der Waals surface area contributed by atoms with Crippen molar-refractivity contribution in [1.29, 1.82) is 0 Å². The molecule has 3 aromatic carbocycles. The third-order valence-corrected chi connectivity index (χ3v) is 6.99. The molecule has 39 heavy (non-hydrogen) atoms. The Morgan fingerprint density at radius 1 is 0.923 bits per heavy atom. The summed E-state index contributed by atoms with van der Waals surface area (Å²) < 4.78 is 13.4. The molecule has 9 nitrogen and oxygen atoms in total. The SMILES string of the molecule is CCOc1ccc(NC(=O)CSc2nnc(CNC(=O)Cc3ccc(OC)cc3)n2-c2ccc(Br)cc2)cc1. The van der Waals surface area contributed by atoms with Crippen LogP contribution in [0.2, 0.25) is 0 Å². The summed E-state index contributed by atoms with van der Waals surface area (Å²) in [5.41, 5.74) is 2.37. The number of hydrogen-bond donors (Lipinski definition) is 2. The van der Waals surface area contributed by atoms with Gasteiger partial charge in [0, 0.05) is 15.8 Å². The molecule has 0 saturated heterocycles. The molecule has 0 atom stereocenters. The first-order valence-corrected chi connectivity index (χ1v) is 14.0. The number of anilines is 1. The second-order valence-electron chi connectivity index (χ2n) is 8.31. The number of rotatable bonds is 12. The van der Waals surface area contributed by atoms with E-state index >= 15 is 0 Å². The minimum absolute atomic E-state index is 0.131. The predicted molar refractivity (Wildman–Crippen MR) is 155 cm³/mol. The van der Waals surface area contributed by atoms with E-state index in [1.165, 1.54) is 11.8 Å². The fourth-order valence-corrected chi connectivity index (χ4v) is 4.69. The molecular weight excluding hydrogens is 582 g/mol. The lowest BCUT2D eigenvalue weighted by Gasteiger charge is -2.12. The molecule has 0 unspecified atom stereocenters. The molecule has 0 fully saturated rings. The second-order valence-corrected chi connectivity index (χ2v) is 10.2. The molecule has 0 aliphatic heterocycles. The lowest BCUT2D eigenvalue weighted by Crippen LogP contribution is -2.26. The average molecular weight is 611 g/mol. The standard InChI is InChI=1S/C28H28BrN5O4S/c1-3-38-24-14-8-21(9-15-24)31-27(36)18-39-28-33-32-25(34(28)22-10-6-20(29)7-11-22)17-30-26(35)16-19-4-12-23(37-2)13-5-19/h4-15H,3,16-18H2,1-2H3,(H,30,35)(H,31,36). The molecule has 0 aliphatic carbocycles. The van der Waals surface area contributed by atoms with Crippen LogP contribution in [0.15, 0.2) is 82.4 Å². The molecule has 4 rings (SSSR count). The molecule has 1 aromatic heterocycles. The van der Waals surface area contributed by atoms with E-state index in [9.17, 15) is 9.59 Å². The topological polar surface area (TPSA) is 107 Å². The molecule has 2 N–H and O–H groups in total. The van der Waals surface area contributed by atoms with Gasteiger partial charge in [0.2, 0.25) is 11.8 Å². The van der Waals surface area contributed by atoms with E-state index in [1.807, 2.05) is 72.2 Å². The Hall–Kier alpha value is -3.83. The summed E-state index contributed by atoms with van der Waals surface area (Å²) in [6.07, 6.45) is 0.226. The van der Waals surface area contributed by atoms with Crippen molar-refractivity contribution in [3.8, 4) is 17.2 Å². The molecule has 4 aromatic rings. The first-order chi connectivity index (χ1) is 18.9. The Bertz CT molecular complexity index is 1390.